The van der Waals surface area contributed by atoms with Crippen molar-refractivity contribution < 1.29 is 9.63 Å². The van der Waals surface area contributed by atoms with Crippen LogP contribution in [0.3, 0.4) is 0 Å². The van der Waals surface area contributed by atoms with Crippen molar-refractivity contribution >= 4 is 16.7 Å². The fourth-order valence-electron chi connectivity index (χ4n) is 2.55. The Morgan fingerprint density at radius 3 is 2.59 bits per heavy atom. The largest absolute Gasteiger partial charge is 0.371 e. The van der Waals surface area contributed by atoms with Crippen LogP contribution in [0, 0.1) is 0 Å². The summed E-state index contributed by atoms with van der Waals surface area (Å²) in [5.41, 5.74) is 5.14. The van der Waals surface area contributed by atoms with Gasteiger partial charge in [-0.3, -0.25) is 4.98 Å². The Bertz CT molecular complexity index is 801. The van der Waals surface area contributed by atoms with E-state index in [1.807, 2.05) is 54.6 Å². The topological polar surface area (TPSA) is 51.2 Å². The molecule has 1 heterocycles. The summed E-state index contributed by atoms with van der Waals surface area (Å²) in [4.78, 5) is 21.1. The fraction of sp³-hybridized carbons (Fsp3) is 0.111. The lowest BCUT2D eigenvalue weighted by atomic mass is 9.96. The lowest BCUT2D eigenvalue weighted by molar-refractivity contribution is -0.149. The van der Waals surface area contributed by atoms with Gasteiger partial charge < -0.3 is 4.84 Å². The molecule has 0 radical (unpaired) electrons. The number of fused-ring (bicyclic) bond motifs is 1. The van der Waals surface area contributed by atoms with Crippen LogP contribution < -0.4 is 5.48 Å². The van der Waals surface area contributed by atoms with Crippen molar-refractivity contribution in [3.05, 3.63) is 66.5 Å². The van der Waals surface area contributed by atoms with E-state index >= 15 is 0 Å². The molecule has 0 aliphatic carbocycles. The first kappa shape index (κ1) is 14.2. The number of carbonyl (C=O) groups excluding carboxylic acids is 1. The van der Waals surface area contributed by atoms with Crippen molar-refractivity contribution in [3.8, 4) is 11.1 Å². The molecule has 3 aromatic rings. The van der Waals surface area contributed by atoms with E-state index in [1.165, 1.54) is 0 Å². The zero-order valence-electron chi connectivity index (χ0n) is 12.2. The molecule has 0 atom stereocenters. The van der Waals surface area contributed by atoms with E-state index in [0.29, 0.717) is 5.69 Å². The van der Waals surface area contributed by atoms with Crippen LogP contribution in [0.2, 0.25) is 0 Å². The highest BCUT2D eigenvalue weighted by Gasteiger charge is 2.15. The minimum absolute atomic E-state index is 0.121. The van der Waals surface area contributed by atoms with Gasteiger partial charge in [0.25, 0.3) is 0 Å². The second-order valence-corrected chi connectivity index (χ2v) is 4.89. The molecular weight excluding hydrogens is 276 g/mol. The molecule has 4 nitrogen and oxygen atoms in total. The minimum Gasteiger partial charge on any atom is -0.371 e. The molecule has 0 unspecified atom stereocenters. The highest BCUT2D eigenvalue weighted by molar-refractivity contribution is 5.98. The Morgan fingerprint density at radius 2 is 1.82 bits per heavy atom. The first-order chi connectivity index (χ1) is 10.8. The third-order valence-electron chi connectivity index (χ3n) is 3.47. The van der Waals surface area contributed by atoms with E-state index in [2.05, 4.69) is 10.5 Å². The second kappa shape index (κ2) is 6.37. The molecule has 0 saturated carbocycles. The van der Waals surface area contributed by atoms with Gasteiger partial charge in [0, 0.05) is 24.2 Å². The number of carbonyl (C=O) groups is 1. The zero-order chi connectivity index (χ0) is 15.4. The van der Waals surface area contributed by atoms with Gasteiger partial charge in [-0.1, -0.05) is 54.6 Å². The number of rotatable bonds is 4. The van der Waals surface area contributed by atoms with Crippen molar-refractivity contribution in [2.45, 2.75) is 6.42 Å². The van der Waals surface area contributed by atoms with Crippen LogP contribution >= 0.6 is 0 Å². The lowest BCUT2D eigenvalue weighted by Gasteiger charge is -2.12. The Labute approximate surface area is 128 Å². The number of benzene rings is 2. The second-order valence-electron chi connectivity index (χ2n) is 4.89. The maximum atomic E-state index is 11.8. The van der Waals surface area contributed by atoms with E-state index in [1.54, 1.807) is 13.2 Å². The average Bonchev–Trinajstić information content (AvgIpc) is 2.55. The Morgan fingerprint density at radius 1 is 1.09 bits per heavy atom. The maximum Gasteiger partial charge on any atom is 0.330 e. The van der Waals surface area contributed by atoms with Gasteiger partial charge in [-0.15, -0.1) is 0 Å². The monoisotopic (exact) mass is 292 g/mol. The predicted molar refractivity (Wildman–Crippen MR) is 86.0 cm³/mol. The quantitative estimate of drug-likeness (QED) is 0.751. The van der Waals surface area contributed by atoms with Gasteiger partial charge in [0.1, 0.15) is 0 Å². The van der Waals surface area contributed by atoms with Crippen molar-refractivity contribution in [2.24, 2.45) is 0 Å². The molecule has 3 rings (SSSR count). The number of nitrogens with zero attached hydrogens (tertiary/aromatic N) is 1. The van der Waals surface area contributed by atoms with Crippen LogP contribution in [0.5, 0.6) is 0 Å². The van der Waals surface area contributed by atoms with Gasteiger partial charge in [-0.2, -0.15) is 5.48 Å². The van der Waals surface area contributed by atoms with Crippen molar-refractivity contribution in [2.75, 3.05) is 7.05 Å². The molecule has 0 saturated heterocycles. The Kier molecular flexibility index (Phi) is 4.12. The van der Waals surface area contributed by atoms with Gasteiger partial charge in [-0.25, -0.2) is 4.79 Å². The van der Waals surface area contributed by atoms with Crippen LogP contribution in [0.4, 0.5) is 0 Å². The van der Waals surface area contributed by atoms with E-state index in [9.17, 15) is 4.79 Å². The standard InChI is InChI=1S/C18H16N2O2/c1-19-22-17(21)11-16-18(13-7-3-2-4-8-13)15-10-6-5-9-14(15)12-20-16/h2-10,12,19H,11H2,1H3. The van der Waals surface area contributed by atoms with Gasteiger partial charge in [0.2, 0.25) is 0 Å². The van der Waals surface area contributed by atoms with Crippen LogP contribution in [-0.2, 0) is 16.1 Å². The molecule has 1 aromatic heterocycles. The van der Waals surface area contributed by atoms with Gasteiger partial charge in [0.05, 0.1) is 12.1 Å². The van der Waals surface area contributed by atoms with Gasteiger partial charge >= 0.3 is 5.97 Å². The third kappa shape index (κ3) is 2.82. The lowest BCUT2D eigenvalue weighted by Crippen LogP contribution is -2.17. The molecule has 0 spiro atoms. The van der Waals surface area contributed by atoms with Crippen LogP contribution in [0.15, 0.2) is 60.8 Å². The number of pyridine rings is 1. The highest BCUT2D eigenvalue weighted by atomic mass is 16.7. The number of aromatic nitrogens is 1. The number of nitrogens with one attached hydrogen (secondary N) is 1. The van der Waals surface area contributed by atoms with Gasteiger partial charge in [-0.05, 0) is 10.9 Å². The van der Waals surface area contributed by atoms with Crippen LogP contribution in [0.25, 0.3) is 21.9 Å². The molecule has 2 aromatic carbocycles. The van der Waals surface area contributed by atoms with E-state index in [4.69, 9.17) is 4.84 Å². The van der Waals surface area contributed by atoms with Crippen molar-refractivity contribution in [3.63, 3.8) is 0 Å². The smallest absolute Gasteiger partial charge is 0.330 e. The van der Waals surface area contributed by atoms with Gasteiger partial charge in [0.15, 0.2) is 0 Å². The fourth-order valence-corrected chi connectivity index (χ4v) is 2.55. The molecule has 22 heavy (non-hydrogen) atoms. The van der Waals surface area contributed by atoms with E-state index < -0.39 is 0 Å². The summed E-state index contributed by atoms with van der Waals surface area (Å²) in [7, 11) is 1.56. The summed E-state index contributed by atoms with van der Waals surface area (Å²) in [6.07, 6.45) is 1.92. The minimum atomic E-state index is -0.359. The summed E-state index contributed by atoms with van der Waals surface area (Å²) in [5, 5.41) is 2.13. The predicted octanol–water partition coefficient (Wildman–Crippen LogP) is 3.12. The summed E-state index contributed by atoms with van der Waals surface area (Å²) in [5.74, 6) is -0.359. The summed E-state index contributed by atoms with van der Waals surface area (Å²) in [6, 6.07) is 18.0. The zero-order valence-corrected chi connectivity index (χ0v) is 12.2. The first-order valence-corrected chi connectivity index (χ1v) is 7.08. The molecular formula is C18H16N2O2. The molecule has 0 aliphatic heterocycles. The number of hydrogen-bond donors (Lipinski definition) is 1. The number of hydrogen-bond acceptors (Lipinski definition) is 4. The van der Waals surface area contributed by atoms with Crippen LogP contribution in [0.1, 0.15) is 5.69 Å². The maximum absolute atomic E-state index is 11.8. The van der Waals surface area contributed by atoms with E-state index in [0.717, 1.165) is 21.9 Å². The normalized spacial score (nSPS) is 10.6. The van der Waals surface area contributed by atoms with E-state index in [-0.39, 0.29) is 12.4 Å². The van der Waals surface area contributed by atoms with Crippen molar-refractivity contribution in [1.29, 1.82) is 0 Å². The molecule has 1 N–H and O–H groups in total. The first-order valence-electron chi connectivity index (χ1n) is 7.08. The summed E-state index contributed by atoms with van der Waals surface area (Å²) >= 11 is 0. The molecule has 4 heteroatoms. The summed E-state index contributed by atoms with van der Waals surface area (Å²) in [6.45, 7) is 0. The third-order valence-corrected chi connectivity index (χ3v) is 3.47. The highest BCUT2D eigenvalue weighted by Crippen LogP contribution is 2.31. The van der Waals surface area contributed by atoms with Crippen molar-refractivity contribution in [1.82, 2.24) is 10.5 Å². The SMILES string of the molecule is CNOC(=O)Cc1ncc2ccccc2c1-c1ccccc1. The summed E-state index contributed by atoms with van der Waals surface area (Å²) < 4.78 is 0. The average molecular weight is 292 g/mol. The number of hydroxylamine groups is 1. The molecule has 0 aliphatic rings. The Hall–Kier alpha value is -2.72. The van der Waals surface area contributed by atoms with Crippen LogP contribution in [-0.4, -0.2) is 18.0 Å². The molecule has 110 valence electrons. The Balaban J connectivity index is 2.17. The molecule has 0 bridgehead atoms. The molecule has 0 amide bonds. The molecule has 0 fully saturated rings.